The highest BCUT2D eigenvalue weighted by Gasteiger charge is 2.16. The maximum atomic E-state index is 12.1. The minimum absolute atomic E-state index is 0.318. The average Bonchev–Trinajstić information content (AvgIpc) is 2.51. The number of halogens is 2. The Bertz CT molecular complexity index is 688. The third-order valence-corrected chi connectivity index (χ3v) is 3.63. The molecule has 0 heterocycles. The van der Waals surface area contributed by atoms with Gasteiger partial charge in [-0.25, -0.2) is 0 Å². The van der Waals surface area contributed by atoms with E-state index in [1.807, 2.05) is 0 Å². The first-order chi connectivity index (χ1) is 10.5. The highest BCUT2D eigenvalue weighted by atomic mass is 79.9. The van der Waals surface area contributed by atoms with Crippen LogP contribution in [0.4, 0.5) is 5.69 Å². The topological polar surface area (TPSA) is 55.4 Å². The molecule has 2 aromatic rings. The van der Waals surface area contributed by atoms with Gasteiger partial charge in [0.2, 0.25) is 0 Å². The van der Waals surface area contributed by atoms with E-state index in [1.165, 1.54) is 0 Å². The number of carbonyl (C=O) groups is 2. The van der Waals surface area contributed by atoms with Gasteiger partial charge in [-0.1, -0.05) is 27.5 Å². The van der Waals surface area contributed by atoms with E-state index < -0.39 is 6.10 Å². The molecule has 114 valence electrons. The van der Waals surface area contributed by atoms with Gasteiger partial charge in [0.05, 0.1) is 5.56 Å². The molecule has 0 aliphatic heterocycles. The van der Waals surface area contributed by atoms with E-state index in [0.717, 1.165) is 4.47 Å². The standard InChI is InChI=1S/C16H13BrClNO3/c1-10(16(21)19-14-5-3-13(18)4-6-14)22-15-7-2-12(17)8-11(15)9-20/h2-10H,1H3,(H,19,21)/t10-/m1/s1. The summed E-state index contributed by atoms with van der Waals surface area (Å²) in [6.45, 7) is 1.61. The maximum absolute atomic E-state index is 12.1. The second-order valence-electron chi connectivity index (χ2n) is 4.56. The summed E-state index contributed by atoms with van der Waals surface area (Å²) in [6.07, 6.45) is -0.0697. The van der Waals surface area contributed by atoms with Gasteiger partial charge >= 0.3 is 0 Å². The fourth-order valence-electron chi connectivity index (χ4n) is 1.74. The predicted molar refractivity (Wildman–Crippen MR) is 89.7 cm³/mol. The molecule has 4 nitrogen and oxygen atoms in total. The molecule has 1 N–H and O–H groups in total. The van der Waals surface area contributed by atoms with Crippen LogP contribution < -0.4 is 10.1 Å². The number of hydrogen-bond donors (Lipinski definition) is 1. The molecule has 2 rings (SSSR count). The molecule has 0 aliphatic rings. The van der Waals surface area contributed by atoms with Crippen LogP contribution in [0.25, 0.3) is 0 Å². The number of carbonyl (C=O) groups excluding carboxylic acids is 2. The van der Waals surface area contributed by atoms with Crippen molar-refractivity contribution in [3.8, 4) is 5.75 Å². The summed E-state index contributed by atoms with van der Waals surface area (Å²) < 4.78 is 6.32. The van der Waals surface area contributed by atoms with Crippen LogP contribution in [-0.2, 0) is 4.79 Å². The Morgan fingerprint density at radius 2 is 1.95 bits per heavy atom. The first-order valence-corrected chi connectivity index (χ1v) is 7.64. The van der Waals surface area contributed by atoms with Gasteiger partial charge in [-0.2, -0.15) is 0 Å². The summed E-state index contributed by atoms with van der Waals surface area (Å²) in [5.41, 5.74) is 0.997. The van der Waals surface area contributed by atoms with E-state index >= 15 is 0 Å². The second kappa shape index (κ2) is 7.42. The average molecular weight is 383 g/mol. The van der Waals surface area contributed by atoms with Crippen LogP contribution in [0.5, 0.6) is 5.75 Å². The van der Waals surface area contributed by atoms with Crippen molar-refractivity contribution >= 4 is 45.4 Å². The zero-order chi connectivity index (χ0) is 16.1. The Kier molecular flexibility index (Phi) is 5.57. The summed E-state index contributed by atoms with van der Waals surface area (Å²) in [6, 6.07) is 11.8. The van der Waals surface area contributed by atoms with Crippen molar-refractivity contribution in [2.45, 2.75) is 13.0 Å². The van der Waals surface area contributed by atoms with Crippen molar-refractivity contribution in [3.05, 3.63) is 57.5 Å². The maximum Gasteiger partial charge on any atom is 0.265 e. The molecule has 22 heavy (non-hydrogen) atoms. The highest BCUT2D eigenvalue weighted by Crippen LogP contribution is 2.23. The van der Waals surface area contributed by atoms with Crippen molar-refractivity contribution in [1.29, 1.82) is 0 Å². The quantitative estimate of drug-likeness (QED) is 0.784. The number of rotatable bonds is 5. The zero-order valence-corrected chi connectivity index (χ0v) is 14.0. The van der Waals surface area contributed by atoms with Crippen molar-refractivity contribution in [3.63, 3.8) is 0 Å². The monoisotopic (exact) mass is 381 g/mol. The number of ether oxygens (including phenoxy) is 1. The van der Waals surface area contributed by atoms with Crippen molar-refractivity contribution in [1.82, 2.24) is 0 Å². The van der Waals surface area contributed by atoms with Gasteiger partial charge in [0.25, 0.3) is 5.91 Å². The molecule has 0 saturated carbocycles. The molecule has 0 unspecified atom stereocenters. The Morgan fingerprint density at radius 1 is 1.27 bits per heavy atom. The van der Waals surface area contributed by atoms with Gasteiger partial charge < -0.3 is 10.1 Å². The Balaban J connectivity index is 2.05. The van der Waals surface area contributed by atoms with Gasteiger partial charge in [0.15, 0.2) is 12.4 Å². The SMILES string of the molecule is C[C@@H](Oc1ccc(Br)cc1C=O)C(=O)Nc1ccc(Cl)cc1. The van der Waals surface area contributed by atoms with Gasteiger partial charge in [-0.05, 0) is 49.4 Å². The fraction of sp³-hybridized carbons (Fsp3) is 0.125. The summed E-state index contributed by atoms with van der Waals surface area (Å²) in [5, 5.41) is 3.31. The smallest absolute Gasteiger partial charge is 0.265 e. The number of benzene rings is 2. The third kappa shape index (κ3) is 4.32. The largest absolute Gasteiger partial charge is 0.480 e. The van der Waals surface area contributed by atoms with Crippen molar-refractivity contribution < 1.29 is 14.3 Å². The minimum atomic E-state index is -0.754. The molecular formula is C16H13BrClNO3. The Hall–Kier alpha value is -1.85. The lowest BCUT2D eigenvalue weighted by Crippen LogP contribution is -2.30. The van der Waals surface area contributed by atoms with E-state index in [0.29, 0.717) is 28.3 Å². The molecule has 2 aromatic carbocycles. The lowest BCUT2D eigenvalue weighted by molar-refractivity contribution is -0.122. The normalized spacial score (nSPS) is 11.6. The molecule has 0 radical (unpaired) electrons. The van der Waals surface area contributed by atoms with Crippen LogP contribution in [0, 0.1) is 0 Å². The highest BCUT2D eigenvalue weighted by molar-refractivity contribution is 9.10. The van der Waals surface area contributed by atoms with Crippen LogP contribution in [0.3, 0.4) is 0 Å². The number of aldehydes is 1. The Labute approximate surface area is 141 Å². The van der Waals surface area contributed by atoms with E-state index in [4.69, 9.17) is 16.3 Å². The number of nitrogens with one attached hydrogen (secondary N) is 1. The van der Waals surface area contributed by atoms with Crippen LogP contribution in [0.15, 0.2) is 46.9 Å². The minimum Gasteiger partial charge on any atom is -0.480 e. The lowest BCUT2D eigenvalue weighted by atomic mass is 10.2. The van der Waals surface area contributed by atoms with Crippen molar-refractivity contribution in [2.24, 2.45) is 0 Å². The molecule has 6 heteroatoms. The summed E-state index contributed by atoms with van der Waals surface area (Å²) in [5.74, 6) is 0.0408. The molecule has 0 saturated heterocycles. The summed E-state index contributed by atoms with van der Waals surface area (Å²) in [7, 11) is 0. The number of amides is 1. The fourth-order valence-corrected chi connectivity index (χ4v) is 2.24. The first-order valence-electron chi connectivity index (χ1n) is 6.47. The number of hydrogen-bond acceptors (Lipinski definition) is 3. The molecule has 1 amide bonds. The van der Waals surface area contributed by atoms with Gasteiger partial charge in [-0.15, -0.1) is 0 Å². The van der Waals surface area contributed by atoms with Crippen LogP contribution >= 0.6 is 27.5 Å². The lowest BCUT2D eigenvalue weighted by Gasteiger charge is -2.16. The predicted octanol–water partition coefficient (Wildman–Crippen LogP) is 4.32. The van der Waals surface area contributed by atoms with Gasteiger partial charge in [0.1, 0.15) is 5.75 Å². The molecule has 1 atom stereocenters. The molecule has 0 spiro atoms. The van der Waals surface area contributed by atoms with E-state index in [2.05, 4.69) is 21.2 Å². The molecule has 0 aromatic heterocycles. The van der Waals surface area contributed by atoms with Crippen LogP contribution in [0.2, 0.25) is 5.02 Å². The molecule has 0 bridgehead atoms. The van der Waals surface area contributed by atoms with E-state index in [1.54, 1.807) is 49.4 Å². The van der Waals surface area contributed by atoms with Gasteiger partial charge in [-0.3, -0.25) is 9.59 Å². The summed E-state index contributed by atoms with van der Waals surface area (Å²) >= 11 is 9.07. The summed E-state index contributed by atoms with van der Waals surface area (Å²) in [4.78, 5) is 23.1. The molecule has 0 fully saturated rings. The van der Waals surface area contributed by atoms with E-state index in [-0.39, 0.29) is 5.91 Å². The second-order valence-corrected chi connectivity index (χ2v) is 5.91. The first kappa shape index (κ1) is 16.5. The van der Waals surface area contributed by atoms with Crippen molar-refractivity contribution in [2.75, 3.05) is 5.32 Å². The zero-order valence-electron chi connectivity index (χ0n) is 11.7. The third-order valence-electron chi connectivity index (χ3n) is 2.88. The van der Waals surface area contributed by atoms with Gasteiger partial charge in [0, 0.05) is 15.2 Å². The Morgan fingerprint density at radius 3 is 2.59 bits per heavy atom. The number of anilines is 1. The van der Waals surface area contributed by atoms with Crippen LogP contribution in [0.1, 0.15) is 17.3 Å². The van der Waals surface area contributed by atoms with E-state index in [9.17, 15) is 9.59 Å². The van der Waals surface area contributed by atoms with Crippen LogP contribution in [-0.4, -0.2) is 18.3 Å². The molecule has 0 aliphatic carbocycles. The molecular weight excluding hydrogens is 370 g/mol.